The average Bonchev–Trinajstić information content (AvgIpc) is 3.38. The third kappa shape index (κ3) is 7.55. The van der Waals surface area contributed by atoms with E-state index in [9.17, 15) is 9.90 Å². The minimum absolute atomic E-state index is 0.0123. The normalized spacial score (nSPS) is 18.7. The molecule has 1 saturated heterocycles. The highest BCUT2D eigenvalue weighted by atomic mass is 28.3. The number of piperidine rings is 1. The topological polar surface area (TPSA) is 88.9 Å². The smallest absolute Gasteiger partial charge is 0.407 e. The molecular weight excluding hydrogens is 544 g/mol. The Morgan fingerprint density at radius 3 is 2.67 bits per heavy atom. The van der Waals surface area contributed by atoms with Crippen LogP contribution in [0.5, 0.6) is 5.75 Å². The Labute approximate surface area is 251 Å². The number of rotatable bonds is 9. The zero-order chi connectivity index (χ0) is 30.1. The van der Waals surface area contributed by atoms with Crippen molar-refractivity contribution in [3.63, 3.8) is 0 Å². The van der Waals surface area contributed by atoms with Crippen molar-refractivity contribution in [3.8, 4) is 28.0 Å². The van der Waals surface area contributed by atoms with Crippen LogP contribution in [0.3, 0.4) is 0 Å². The van der Waals surface area contributed by atoms with E-state index in [2.05, 4.69) is 87.2 Å². The maximum Gasteiger partial charge on any atom is 0.407 e. The summed E-state index contributed by atoms with van der Waals surface area (Å²) in [5, 5.41) is 17.9. The SMILES string of the molecule is CC(C)(C)C[C@H]1C[C@H](Nc2ccc3c(c2)OCc2cc(-c4cnn(COCC[Si](C)(C)C)c4)ccc2-3)CCN1C(=O)O. The summed E-state index contributed by atoms with van der Waals surface area (Å²) in [4.78, 5) is 13.5. The number of carbonyl (C=O) groups is 1. The number of hydrogen-bond acceptors (Lipinski definition) is 5. The second kappa shape index (κ2) is 12.1. The first-order valence-corrected chi connectivity index (χ1v) is 18.8. The Bertz CT molecular complexity index is 1410. The largest absolute Gasteiger partial charge is 0.488 e. The van der Waals surface area contributed by atoms with Crippen LogP contribution in [0.15, 0.2) is 48.8 Å². The number of likely N-dealkylation sites (tertiary alicyclic amines) is 1. The van der Waals surface area contributed by atoms with E-state index in [0.29, 0.717) is 19.9 Å². The van der Waals surface area contributed by atoms with Crippen LogP contribution >= 0.6 is 0 Å². The van der Waals surface area contributed by atoms with Crippen molar-refractivity contribution in [2.45, 2.75) is 91.1 Å². The summed E-state index contributed by atoms with van der Waals surface area (Å²) in [6, 6.07) is 14.2. The number of ether oxygens (including phenoxy) is 2. The molecule has 9 heteroatoms. The molecule has 42 heavy (non-hydrogen) atoms. The molecule has 1 fully saturated rings. The van der Waals surface area contributed by atoms with E-state index < -0.39 is 14.2 Å². The average molecular weight is 591 g/mol. The molecule has 3 heterocycles. The number of benzene rings is 2. The van der Waals surface area contributed by atoms with E-state index in [1.807, 2.05) is 17.1 Å². The van der Waals surface area contributed by atoms with E-state index in [4.69, 9.17) is 9.47 Å². The van der Waals surface area contributed by atoms with Crippen LogP contribution in [0.25, 0.3) is 22.3 Å². The monoisotopic (exact) mass is 590 g/mol. The lowest BCUT2D eigenvalue weighted by atomic mass is 9.83. The van der Waals surface area contributed by atoms with Gasteiger partial charge in [0.15, 0.2) is 0 Å². The quantitative estimate of drug-likeness (QED) is 0.195. The molecule has 3 aromatic rings. The van der Waals surface area contributed by atoms with Gasteiger partial charge in [-0.05, 0) is 65.6 Å². The van der Waals surface area contributed by atoms with Crippen LogP contribution in [-0.2, 0) is 18.1 Å². The molecule has 1 aromatic heterocycles. The second-order valence-corrected chi connectivity index (χ2v) is 19.9. The van der Waals surface area contributed by atoms with Gasteiger partial charge in [0.1, 0.15) is 19.1 Å². The number of nitrogens with zero attached hydrogens (tertiary/aromatic N) is 3. The molecule has 0 spiro atoms. The van der Waals surface area contributed by atoms with Gasteiger partial charge in [0, 0.05) is 62.4 Å². The van der Waals surface area contributed by atoms with Gasteiger partial charge in [0.2, 0.25) is 0 Å². The Balaban J connectivity index is 1.24. The summed E-state index contributed by atoms with van der Waals surface area (Å²) in [5.74, 6) is 0.873. The number of amides is 1. The van der Waals surface area contributed by atoms with Crippen LogP contribution < -0.4 is 10.1 Å². The number of hydrogen-bond donors (Lipinski definition) is 2. The Hall–Kier alpha value is -3.30. The van der Waals surface area contributed by atoms with Crippen molar-refractivity contribution in [2.24, 2.45) is 5.41 Å². The zero-order valence-electron chi connectivity index (χ0n) is 25.9. The standard InChI is InChI=1S/C33H46N4O4Si/c1-33(2,3)18-28-16-27(11-12-37(28)32(38)39)35-26-8-10-30-29-9-7-23(15-24(29)21-41-31(30)17-26)25-19-34-36(20-25)22-40-13-14-42(4,5)6/h7-10,15,17,19-20,27-28,35H,11-14,16,18,21-22H2,1-6H3,(H,38,39)/t27-,28-/m1/s1. The lowest BCUT2D eigenvalue weighted by molar-refractivity contribution is 0.0786. The van der Waals surface area contributed by atoms with Crippen molar-refractivity contribution in [1.29, 1.82) is 0 Å². The number of carboxylic acid groups (broad SMARTS) is 1. The molecule has 226 valence electrons. The van der Waals surface area contributed by atoms with Crippen LogP contribution in [0, 0.1) is 5.41 Å². The molecule has 0 saturated carbocycles. The summed E-state index contributed by atoms with van der Waals surface area (Å²) in [6.07, 6.45) is 5.55. The third-order valence-corrected chi connectivity index (χ3v) is 9.83. The van der Waals surface area contributed by atoms with Crippen LogP contribution in [0.2, 0.25) is 25.7 Å². The van der Waals surface area contributed by atoms with Gasteiger partial charge in [-0.1, -0.05) is 52.5 Å². The minimum atomic E-state index is -1.10. The molecule has 8 nitrogen and oxygen atoms in total. The maximum absolute atomic E-state index is 11.8. The van der Waals surface area contributed by atoms with E-state index in [-0.39, 0.29) is 17.5 Å². The van der Waals surface area contributed by atoms with Gasteiger partial charge < -0.3 is 24.8 Å². The highest BCUT2D eigenvalue weighted by Gasteiger charge is 2.34. The summed E-state index contributed by atoms with van der Waals surface area (Å²) in [7, 11) is -1.10. The fourth-order valence-corrected chi connectivity index (χ4v) is 6.71. The molecule has 2 aliphatic rings. The van der Waals surface area contributed by atoms with E-state index in [1.54, 1.807) is 4.90 Å². The highest BCUT2D eigenvalue weighted by Crippen LogP contribution is 2.41. The predicted molar refractivity (Wildman–Crippen MR) is 171 cm³/mol. The van der Waals surface area contributed by atoms with E-state index >= 15 is 0 Å². The van der Waals surface area contributed by atoms with Gasteiger partial charge in [-0.15, -0.1) is 0 Å². The first-order chi connectivity index (χ1) is 19.8. The van der Waals surface area contributed by atoms with Gasteiger partial charge >= 0.3 is 6.09 Å². The number of nitrogens with one attached hydrogen (secondary N) is 1. The minimum Gasteiger partial charge on any atom is -0.488 e. The summed E-state index contributed by atoms with van der Waals surface area (Å²) >= 11 is 0. The molecule has 5 rings (SSSR count). The Morgan fingerprint density at radius 2 is 1.93 bits per heavy atom. The molecule has 1 amide bonds. The zero-order valence-corrected chi connectivity index (χ0v) is 26.9. The lowest BCUT2D eigenvalue weighted by Crippen LogP contribution is -2.50. The van der Waals surface area contributed by atoms with Gasteiger partial charge in [0.25, 0.3) is 0 Å². The Kier molecular flexibility index (Phi) is 8.71. The van der Waals surface area contributed by atoms with Crippen molar-refractivity contribution in [1.82, 2.24) is 14.7 Å². The molecule has 0 unspecified atom stereocenters. The van der Waals surface area contributed by atoms with Gasteiger partial charge in [0.05, 0.1) is 6.20 Å². The number of anilines is 1. The van der Waals surface area contributed by atoms with Crippen LogP contribution in [0.4, 0.5) is 10.5 Å². The summed E-state index contributed by atoms with van der Waals surface area (Å²) < 4.78 is 14.0. The van der Waals surface area contributed by atoms with Crippen molar-refractivity contribution < 1.29 is 19.4 Å². The summed E-state index contributed by atoms with van der Waals surface area (Å²) in [6.45, 7) is 15.9. The van der Waals surface area contributed by atoms with Crippen LogP contribution in [0.1, 0.15) is 45.6 Å². The Morgan fingerprint density at radius 1 is 1.14 bits per heavy atom. The first-order valence-electron chi connectivity index (χ1n) is 15.1. The van der Waals surface area contributed by atoms with Gasteiger partial charge in [-0.25, -0.2) is 9.48 Å². The summed E-state index contributed by atoms with van der Waals surface area (Å²) in [5.41, 5.74) is 6.69. The fourth-order valence-electron chi connectivity index (χ4n) is 5.95. The van der Waals surface area contributed by atoms with E-state index in [0.717, 1.165) is 65.6 Å². The molecule has 0 bridgehead atoms. The molecule has 0 radical (unpaired) electrons. The molecule has 2 aromatic carbocycles. The number of aromatic nitrogens is 2. The van der Waals surface area contributed by atoms with E-state index in [1.165, 1.54) is 5.56 Å². The lowest BCUT2D eigenvalue weighted by Gasteiger charge is -2.41. The van der Waals surface area contributed by atoms with Gasteiger partial charge in [-0.2, -0.15) is 5.10 Å². The predicted octanol–water partition coefficient (Wildman–Crippen LogP) is 7.78. The molecular formula is C33H46N4O4Si. The second-order valence-electron chi connectivity index (χ2n) is 14.2. The van der Waals surface area contributed by atoms with Crippen molar-refractivity contribution >= 4 is 19.9 Å². The van der Waals surface area contributed by atoms with Crippen molar-refractivity contribution in [3.05, 3.63) is 54.4 Å². The molecule has 2 N–H and O–H groups in total. The molecule has 0 aliphatic carbocycles. The highest BCUT2D eigenvalue weighted by molar-refractivity contribution is 6.76. The molecule has 2 aliphatic heterocycles. The fraction of sp³-hybridized carbons (Fsp3) is 0.515. The van der Waals surface area contributed by atoms with Crippen LogP contribution in [-0.4, -0.2) is 59.2 Å². The van der Waals surface area contributed by atoms with Crippen molar-refractivity contribution in [2.75, 3.05) is 18.5 Å². The number of fused-ring (bicyclic) bond motifs is 3. The first kappa shape index (κ1) is 30.2. The third-order valence-electron chi connectivity index (χ3n) is 8.13. The maximum atomic E-state index is 11.8. The van der Waals surface area contributed by atoms with Gasteiger partial charge in [-0.3, -0.25) is 0 Å². The molecule has 2 atom stereocenters.